The van der Waals surface area contributed by atoms with Crippen LogP contribution in [-0.2, 0) is 9.47 Å². The molecule has 0 saturated carbocycles. The molecule has 4 rings (SSSR count). The lowest BCUT2D eigenvalue weighted by Gasteiger charge is -2.37. The number of aromatic amines is 1. The molecule has 1 saturated heterocycles. The summed E-state index contributed by atoms with van der Waals surface area (Å²) < 4.78 is 21.5. The van der Waals surface area contributed by atoms with Crippen molar-refractivity contribution in [1.29, 1.82) is 0 Å². The summed E-state index contributed by atoms with van der Waals surface area (Å²) in [6.07, 6.45) is 0.169. The Bertz CT molecular complexity index is 1340. The summed E-state index contributed by atoms with van der Waals surface area (Å²) in [5.74, 6) is -0.227. The van der Waals surface area contributed by atoms with Crippen LogP contribution < -0.4 is 19.7 Å². The van der Waals surface area contributed by atoms with Gasteiger partial charge in [0.25, 0.3) is 5.91 Å². The molecular weight excluding hydrogens is 571 g/mol. The lowest BCUT2D eigenvalue weighted by Crippen LogP contribution is -2.55. The first-order valence-corrected chi connectivity index (χ1v) is 13.5. The maximum absolute atomic E-state index is 12.9. The second-order valence-corrected chi connectivity index (χ2v) is 10.2. The van der Waals surface area contributed by atoms with Crippen LogP contribution in [0.2, 0.25) is 10.0 Å². The molecule has 1 aliphatic rings. The minimum absolute atomic E-state index is 0.166. The number of aromatic nitrogens is 4. The molecule has 3 aromatic heterocycles. The largest absolute Gasteiger partial charge is 0.481 e. The van der Waals surface area contributed by atoms with Crippen molar-refractivity contribution in [3.05, 3.63) is 32.4 Å². The number of carbonyl (C=O) groups is 2. The number of ether oxygens (including phenoxy) is 4. The molecular formula is C24H28Cl2N6O6S. The van der Waals surface area contributed by atoms with Crippen LogP contribution in [-0.4, -0.2) is 85.0 Å². The van der Waals surface area contributed by atoms with Gasteiger partial charge in [-0.1, -0.05) is 34.5 Å². The number of piperidine rings is 1. The summed E-state index contributed by atoms with van der Waals surface area (Å²) in [6.45, 7) is 4.58. The second kappa shape index (κ2) is 12.4. The number of aryl methyl sites for hydroxylation is 1. The Balaban J connectivity index is 1.59. The minimum Gasteiger partial charge on any atom is -0.481 e. The van der Waals surface area contributed by atoms with E-state index in [4.69, 9.17) is 47.1 Å². The number of thiazole rings is 1. The van der Waals surface area contributed by atoms with Crippen LogP contribution in [0.4, 0.5) is 5.13 Å². The second-order valence-electron chi connectivity index (χ2n) is 8.51. The van der Waals surface area contributed by atoms with E-state index in [-0.39, 0.29) is 63.5 Å². The van der Waals surface area contributed by atoms with Crippen molar-refractivity contribution in [3.8, 4) is 23.3 Å². The summed E-state index contributed by atoms with van der Waals surface area (Å²) in [7, 11) is 4.51. The summed E-state index contributed by atoms with van der Waals surface area (Å²) >= 11 is 13.5. The molecule has 1 amide bonds. The summed E-state index contributed by atoms with van der Waals surface area (Å²) in [5, 5.41) is 4.04. The Morgan fingerprint density at radius 1 is 1.15 bits per heavy atom. The van der Waals surface area contributed by atoms with Gasteiger partial charge in [-0.2, -0.15) is 9.97 Å². The van der Waals surface area contributed by atoms with Gasteiger partial charge < -0.3 is 34.1 Å². The molecule has 12 nitrogen and oxygen atoms in total. The average Bonchev–Trinajstić information content (AvgIpc) is 3.50. The molecule has 0 aliphatic carbocycles. The monoisotopic (exact) mass is 598 g/mol. The molecule has 210 valence electrons. The van der Waals surface area contributed by atoms with E-state index < -0.39 is 5.97 Å². The van der Waals surface area contributed by atoms with Gasteiger partial charge in [0.2, 0.25) is 11.8 Å². The lowest BCUT2D eigenvalue weighted by molar-refractivity contribution is 0.0531. The van der Waals surface area contributed by atoms with Crippen LogP contribution in [0.5, 0.6) is 11.8 Å². The van der Waals surface area contributed by atoms with Crippen LogP contribution in [0, 0.1) is 6.92 Å². The van der Waals surface area contributed by atoms with E-state index in [1.165, 1.54) is 31.6 Å². The summed E-state index contributed by atoms with van der Waals surface area (Å²) in [6, 6.07) is 1.23. The Kier molecular flexibility index (Phi) is 9.15. The van der Waals surface area contributed by atoms with E-state index in [2.05, 4.69) is 20.3 Å². The van der Waals surface area contributed by atoms with Gasteiger partial charge >= 0.3 is 5.97 Å². The number of halogens is 2. The van der Waals surface area contributed by atoms with Crippen LogP contribution in [0.15, 0.2) is 6.07 Å². The molecule has 1 aliphatic heterocycles. The third-order valence-electron chi connectivity index (χ3n) is 6.12. The van der Waals surface area contributed by atoms with Crippen molar-refractivity contribution in [2.75, 3.05) is 45.9 Å². The highest BCUT2D eigenvalue weighted by Gasteiger charge is 2.34. The Morgan fingerprint density at radius 2 is 1.85 bits per heavy atom. The quantitative estimate of drug-likeness (QED) is 0.350. The number of methoxy groups -OCH3 is 3. The van der Waals surface area contributed by atoms with E-state index >= 15 is 0 Å². The van der Waals surface area contributed by atoms with Gasteiger partial charge in [-0.15, -0.1) is 0 Å². The smallest absolute Gasteiger partial charge is 0.350 e. The van der Waals surface area contributed by atoms with Gasteiger partial charge in [-0.05, 0) is 20.3 Å². The zero-order chi connectivity index (χ0) is 28.3. The van der Waals surface area contributed by atoms with Gasteiger partial charge in [-0.25, -0.2) is 9.78 Å². The number of carbonyl (C=O) groups excluding carboxylic acids is 2. The molecule has 4 heterocycles. The maximum Gasteiger partial charge on any atom is 0.350 e. The fraction of sp³-hybridized carbons (Fsp3) is 0.458. The van der Waals surface area contributed by atoms with Gasteiger partial charge in [0, 0.05) is 25.9 Å². The van der Waals surface area contributed by atoms with Gasteiger partial charge in [0.05, 0.1) is 49.1 Å². The highest BCUT2D eigenvalue weighted by atomic mass is 35.5. The molecule has 0 bridgehead atoms. The SMILES string of the molecule is CCOC(=O)c1sc(N2CC[C@@H](NC(=O)c3[nH]c(C)c(Cl)c3Cl)C(OC)C2)nc1-c1nc(OC)cc(OC)n1. The number of nitrogens with one attached hydrogen (secondary N) is 2. The molecule has 39 heavy (non-hydrogen) atoms. The Morgan fingerprint density at radius 3 is 2.41 bits per heavy atom. The predicted molar refractivity (Wildman–Crippen MR) is 147 cm³/mol. The third kappa shape index (κ3) is 6.06. The molecule has 2 N–H and O–H groups in total. The van der Waals surface area contributed by atoms with E-state index in [0.717, 1.165) is 0 Å². The number of nitrogens with zero attached hydrogens (tertiary/aromatic N) is 4. The molecule has 3 aromatic rings. The number of anilines is 1. The minimum atomic E-state index is -0.538. The van der Waals surface area contributed by atoms with Crippen molar-refractivity contribution in [2.45, 2.75) is 32.4 Å². The van der Waals surface area contributed by atoms with Gasteiger partial charge in [-0.3, -0.25) is 4.79 Å². The standard InChI is InChI=1S/C24H28Cl2N6O6S/c1-6-38-23(34)20-19(21-29-14(36-4)9-15(30-21)37-5)31-24(39-20)32-8-7-12(13(10-32)35-3)28-22(33)18-17(26)16(25)11(2)27-18/h9,12-13,27H,6-8,10H2,1-5H3,(H,28,33)/t12-,13?/m1/s1. The fourth-order valence-corrected chi connectivity index (χ4v) is 5.52. The number of esters is 1. The number of hydrogen-bond donors (Lipinski definition) is 2. The van der Waals surface area contributed by atoms with Crippen LogP contribution >= 0.6 is 34.5 Å². The molecule has 0 aromatic carbocycles. The van der Waals surface area contributed by atoms with Gasteiger partial charge in [0.15, 0.2) is 11.0 Å². The lowest BCUT2D eigenvalue weighted by atomic mass is 10.0. The Labute approximate surface area is 238 Å². The first-order chi connectivity index (χ1) is 18.7. The molecule has 1 fully saturated rings. The van der Waals surface area contributed by atoms with Crippen molar-refractivity contribution in [1.82, 2.24) is 25.3 Å². The number of rotatable bonds is 9. The fourth-order valence-electron chi connectivity index (χ4n) is 4.11. The third-order valence-corrected chi connectivity index (χ3v) is 8.16. The molecule has 15 heteroatoms. The molecule has 0 spiro atoms. The van der Waals surface area contributed by atoms with Crippen LogP contribution in [0.3, 0.4) is 0 Å². The normalized spacial score (nSPS) is 17.2. The van der Waals surface area contributed by atoms with Crippen molar-refractivity contribution < 1.29 is 28.5 Å². The predicted octanol–water partition coefficient (Wildman–Crippen LogP) is 3.76. The molecule has 1 unspecified atom stereocenters. The van der Waals surface area contributed by atoms with E-state index in [1.807, 2.05) is 4.90 Å². The van der Waals surface area contributed by atoms with E-state index in [1.54, 1.807) is 21.0 Å². The highest BCUT2D eigenvalue weighted by molar-refractivity contribution is 7.17. The highest BCUT2D eigenvalue weighted by Crippen LogP contribution is 2.35. The van der Waals surface area contributed by atoms with E-state index in [0.29, 0.717) is 35.4 Å². The number of amides is 1. The first kappa shape index (κ1) is 28.9. The van der Waals surface area contributed by atoms with Gasteiger partial charge in [0.1, 0.15) is 16.3 Å². The number of H-pyrrole nitrogens is 1. The summed E-state index contributed by atoms with van der Waals surface area (Å²) in [5.41, 5.74) is 1.07. The van der Waals surface area contributed by atoms with Crippen molar-refractivity contribution in [2.24, 2.45) is 0 Å². The zero-order valence-corrected chi connectivity index (χ0v) is 24.3. The topological polar surface area (TPSA) is 141 Å². The molecule has 0 radical (unpaired) electrons. The van der Waals surface area contributed by atoms with Crippen LogP contribution in [0.25, 0.3) is 11.5 Å². The van der Waals surface area contributed by atoms with Crippen LogP contribution in [0.1, 0.15) is 39.2 Å². The van der Waals surface area contributed by atoms with E-state index in [9.17, 15) is 9.59 Å². The maximum atomic E-state index is 12.9. The first-order valence-electron chi connectivity index (χ1n) is 12.0. The molecule has 2 atom stereocenters. The zero-order valence-electron chi connectivity index (χ0n) is 22.0. The number of hydrogen-bond acceptors (Lipinski definition) is 11. The van der Waals surface area contributed by atoms with Crippen molar-refractivity contribution in [3.63, 3.8) is 0 Å². The Hall–Kier alpha value is -3.13. The summed E-state index contributed by atoms with van der Waals surface area (Å²) in [4.78, 5) is 44.3. The van der Waals surface area contributed by atoms with Crippen molar-refractivity contribution >= 4 is 51.5 Å². The average molecular weight is 599 g/mol.